The van der Waals surface area contributed by atoms with Crippen LogP contribution in [0.5, 0.6) is 0 Å². The lowest BCUT2D eigenvalue weighted by molar-refractivity contribution is 0.260. The number of rotatable bonds is 3. The molecule has 29 heavy (non-hydrogen) atoms. The van der Waals surface area contributed by atoms with E-state index in [0.29, 0.717) is 5.56 Å². The SMILES string of the molecule is CC(C)c1cnc([S@@](N)(=O)=NC(=O)Nc2c3c(cc4c2CCC4)CCC3)c(F)c1. The van der Waals surface area contributed by atoms with Gasteiger partial charge < -0.3 is 5.32 Å². The molecule has 0 saturated carbocycles. The van der Waals surface area contributed by atoms with Gasteiger partial charge in [0.25, 0.3) is 0 Å². The lowest BCUT2D eigenvalue weighted by atomic mass is 9.99. The summed E-state index contributed by atoms with van der Waals surface area (Å²) < 4.78 is 30.8. The van der Waals surface area contributed by atoms with Crippen LogP contribution < -0.4 is 10.5 Å². The monoisotopic (exact) mass is 416 g/mol. The van der Waals surface area contributed by atoms with E-state index in [1.54, 1.807) is 0 Å². The van der Waals surface area contributed by atoms with Crippen molar-refractivity contribution < 1.29 is 13.4 Å². The van der Waals surface area contributed by atoms with Crippen LogP contribution in [0.25, 0.3) is 0 Å². The Labute approximate surface area is 170 Å². The van der Waals surface area contributed by atoms with E-state index in [-0.39, 0.29) is 5.92 Å². The molecule has 154 valence electrons. The number of halogens is 1. The molecule has 6 nitrogen and oxygen atoms in total. The van der Waals surface area contributed by atoms with Crippen LogP contribution in [0.15, 0.2) is 27.7 Å². The third-order valence-electron chi connectivity index (χ3n) is 5.70. The number of nitrogens with one attached hydrogen (secondary N) is 1. The summed E-state index contributed by atoms with van der Waals surface area (Å²) in [6.07, 6.45) is 7.28. The van der Waals surface area contributed by atoms with Crippen LogP contribution in [0.2, 0.25) is 0 Å². The van der Waals surface area contributed by atoms with Crippen molar-refractivity contribution in [1.29, 1.82) is 0 Å². The summed E-state index contributed by atoms with van der Waals surface area (Å²) in [7, 11) is -3.80. The number of carbonyl (C=O) groups excluding carboxylic acids is 1. The van der Waals surface area contributed by atoms with Crippen molar-refractivity contribution >= 4 is 21.6 Å². The number of aryl methyl sites for hydroxylation is 2. The first-order valence-electron chi connectivity index (χ1n) is 9.94. The Balaban J connectivity index is 1.67. The molecular formula is C21H25FN4O2S. The van der Waals surface area contributed by atoms with E-state index in [2.05, 4.69) is 20.7 Å². The number of aromatic nitrogens is 1. The molecular weight excluding hydrogens is 391 g/mol. The summed E-state index contributed by atoms with van der Waals surface area (Å²) >= 11 is 0. The van der Waals surface area contributed by atoms with E-state index in [0.717, 1.165) is 55.3 Å². The van der Waals surface area contributed by atoms with Gasteiger partial charge in [-0.3, -0.25) is 0 Å². The number of nitrogens with two attached hydrogens (primary N) is 1. The highest BCUT2D eigenvalue weighted by molar-refractivity contribution is 7.91. The van der Waals surface area contributed by atoms with Gasteiger partial charge in [0.05, 0.1) is 0 Å². The van der Waals surface area contributed by atoms with Gasteiger partial charge in [-0.15, -0.1) is 4.36 Å². The molecule has 0 fully saturated rings. The van der Waals surface area contributed by atoms with E-state index in [1.807, 2.05) is 13.8 Å². The first-order valence-corrected chi connectivity index (χ1v) is 11.5. The number of carbonyl (C=O) groups is 1. The molecule has 2 aliphatic rings. The van der Waals surface area contributed by atoms with Crippen LogP contribution >= 0.6 is 0 Å². The van der Waals surface area contributed by atoms with Gasteiger partial charge in [-0.05, 0) is 78.3 Å². The van der Waals surface area contributed by atoms with Gasteiger partial charge in [0, 0.05) is 11.9 Å². The number of pyridine rings is 1. The third-order valence-corrected chi connectivity index (χ3v) is 6.99. The van der Waals surface area contributed by atoms with Crippen LogP contribution in [0.1, 0.15) is 60.4 Å². The first-order chi connectivity index (χ1) is 13.8. The molecule has 1 atom stereocenters. The van der Waals surface area contributed by atoms with Crippen molar-refractivity contribution in [2.75, 3.05) is 5.32 Å². The summed E-state index contributed by atoms with van der Waals surface area (Å²) in [5.41, 5.74) is 6.20. The predicted octanol–water partition coefficient (Wildman–Crippen LogP) is 4.25. The number of hydrogen-bond donors (Lipinski definition) is 2. The summed E-state index contributed by atoms with van der Waals surface area (Å²) in [6.45, 7) is 3.79. The standard InChI is InChI=1S/C21H25FN4O2S/c1-12(2)15-10-18(22)20(24-11-15)29(23,28)26-21(27)25-19-16-7-3-5-13(16)9-14-6-4-8-17(14)19/h9-12H,3-8H2,1-2H3,(H3,23,25,26,27,28)/t29-/m0/s1. The number of benzene rings is 1. The quantitative estimate of drug-likeness (QED) is 0.782. The highest BCUT2D eigenvalue weighted by Crippen LogP contribution is 2.38. The highest BCUT2D eigenvalue weighted by atomic mass is 32.2. The third kappa shape index (κ3) is 3.79. The second kappa shape index (κ2) is 7.50. The molecule has 0 unspecified atom stereocenters. The zero-order chi connectivity index (χ0) is 20.8. The molecule has 1 heterocycles. The zero-order valence-corrected chi connectivity index (χ0v) is 17.4. The number of fused-ring (bicyclic) bond motifs is 2. The van der Waals surface area contributed by atoms with Gasteiger partial charge in [0.1, 0.15) is 0 Å². The van der Waals surface area contributed by atoms with Gasteiger partial charge in [0.15, 0.2) is 20.8 Å². The molecule has 0 saturated heterocycles. The van der Waals surface area contributed by atoms with Gasteiger partial charge in [-0.2, -0.15) is 0 Å². The Morgan fingerprint density at radius 3 is 2.34 bits per heavy atom. The molecule has 1 aromatic carbocycles. The van der Waals surface area contributed by atoms with Crippen LogP contribution in [-0.4, -0.2) is 15.2 Å². The van der Waals surface area contributed by atoms with Crippen molar-refractivity contribution in [2.24, 2.45) is 9.50 Å². The fourth-order valence-corrected chi connectivity index (χ4v) is 5.15. The fourth-order valence-electron chi connectivity index (χ4n) is 4.23. The molecule has 0 aliphatic heterocycles. The summed E-state index contributed by atoms with van der Waals surface area (Å²) in [5.74, 6) is -0.760. The number of amides is 2. The molecule has 3 N–H and O–H groups in total. The Bertz CT molecular complexity index is 1090. The minimum Gasteiger partial charge on any atom is -0.305 e. The lowest BCUT2D eigenvalue weighted by Crippen LogP contribution is -2.21. The van der Waals surface area contributed by atoms with Crippen LogP contribution in [0.4, 0.5) is 14.9 Å². The minimum absolute atomic E-state index is 0.0578. The van der Waals surface area contributed by atoms with Crippen molar-refractivity contribution in [3.8, 4) is 0 Å². The maximum atomic E-state index is 14.4. The number of urea groups is 1. The predicted molar refractivity (Wildman–Crippen MR) is 111 cm³/mol. The van der Waals surface area contributed by atoms with E-state index < -0.39 is 26.8 Å². The molecule has 0 radical (unpaired) electrons. The van der Waals surface area contributed by atoms with Crippen LogP contribution in [0.3, 0.4) is 0 Å². The first kappa shape index (κ1) is 20.0. The Hall–Kier alpha value is -2.32. The van der Waals surface area contributed by atoms with Crippen LogP contribution in [0, 0.1) is 5.82 Å². The molecule has 0 bridgehead atoms. The van der Waals surface area contributed by atoms with Crippen LogP contribution in [-0.2, 0) is 35.6 Å². The lowest BCUT2D eigenvalue weighted by Gasteiger charge is -2.15. The largest absolute Gasteiger partial charge is 0.354 e. The number of hydrogen-bond acceptors (Lipinski definition) is 3. The maximum Gasteiger partial charge on any atom is 0.354 e. The molecule has 0 spiro atoms. The van der Waals surface area contributed by atoms with Crippen molar-refractivity contribution in [3.05, 3.63) is 52.0 Å². The van der Waals surface area contributed by atoms with Gasteiger partial charge in [-0.1, -0.05) is 19.9 Å². The zero-order valence-electron chi connectivity index (χ0n) is 16.6. The van der Waals surface area contributed by atoms with E-state index in [9.17, 15) is 13.4 Å². The summed E-state index contributed by atoms with van der Waals surface area (Å²) in [6, 6.07) is 2.66. The van der Waals surface area contributed by atoms with E-state index >= 15 is 0 Å². The highest BCUT2D eigenvalue weighted by Gasteiger charge is 2.26. The number of nitrogens with zero attached hydrogens (tertiary/aromatic N) is 2. The second-order valence-corrected chi connectivity index (χ2v) is 9.74. The second-order valence-electron chi connectivity index (χ2n) is 8.03. The molecule has 8 heteroatoms. The maximum absolute atomic E-state index is 14.4. The van der Waals surface area contributed by atoms with Crippen molar-refractivity contribution in [3.63, 3.8) is 0 Å². The van der Waals surface area contributed by atoms with Gasteiger partial charge in [-0.25, -0.2) is 23.5 Å². The summed E-state index contributed by atoms with van der Waals surface area (Å²) in [5, 5.41) is 8.05. The Kier molecular flexibility index (Phi) is 5.16. The fraction of sp³-hybridized carbons (Fsp3) is 0.429. The molecule has 2 aromatic rings. The van der Waals surface area contributed by atoms with Gasteiger partial charge in [0.2, 0.25) is 0 Å². The Morgan fingerprint density at radius 1 is 1.17 bits per heavy atom. The minimum atomic E-state index is -3.80. The molecule has 4 rings (SSSR count). The molecule has 2 aliphatic carbocycles. The van der Waals surface area contributed by atoms with E-state index in [1.165, 1.54) is 23.4 Å². The van der Waals surface area contributed by atoms with Crippen molar-refractivity contribution in [2.45, 2.75) is 63.3 Å². The average molecular weight is 417 g/mol. The number of anilines is 1. The smallest absolute Gasteiger partial charge is 0.305 e. The Morgan fingerprint density at radius 2 is 1.79 bits per heavy atom. The molecule has 2 amide bonds. The normalized spacial score (nSPS) is 17.0. The average Bonchev–Trinajstić information content (AvgIpc) is 3.29. The van der Waals surface area contributed by atoms with Crippen molar-refractivity contribution in [1.82, 2.24) is 4.98 Å². The van der Waals surface area contributed by atoms with Gasteiger partial charge >= 0.3 is 6.03 Å². The van der Waals surface area contributed by atoms with E-state index in [4.69, 9.17) is 5.14 Å². The summed E-state index contributed by atoms with van der Waals surface area (Å²) in [4.78, 5) is 16.5. The molecule has 1 aromatic heterocycles. The topological polar surface area (TPSA) is 97.4 Å².